The average Bonchev–Trinajstić information content (AvgIpc) is 2.39. The van der Waals surface area contributed by atoms with Crippen LogP contribution in [-0.4, -0.2) is 9.13 Å². The fourth-order valence-corrected chi connectivity index (χ4v) is 1.76. The highest BCUT2D eigenvalue weighted by atomic mass is 19.1. The monoisotopic (exact) mass is 259 g/mol. The van der Waals surface area contributed by atoms with Gasteiger partial charge in [0.2, 0.25) is 0 Å². The molecule has 0 aliphatic rings. The molecule has 0 fully saturated rings. The maximum absolute atomic E-state index is 13.5. The summed E-state index contributed by atoms with van der Waals surface area (Å²) in [5, 5.41) is 8.53. The number of aromatic nitrogens is 2. The van der Waals surface area contributed by atoms with E-state index in [1.807, 2.05) is 0 Å². The van der Waals surface area contributed by atoms with Gasteiger partial charge in [-0.3, -0.25) is 18.7 Å². The van der Waals surface area contributed by atoms with Crippen molar-refractivity contribution in [3.63, 3.8) is 0 Å². The Hall–Kier alpha value is -2.68. The molecule has 1 aromatic carbocycles. The number of hydrogen-bond donors (Lipinski definition) is 0. The van der Waals surface area contributed by atoms with Crippen molar-refractivity contribution in [3.8, 4) is 11.8 Å². The maximum Gasteiger partial charge on any atom is 0.321 e. The van der Waals surface area contributed by atoms with E-state index in [1.165, 1.54) is 31.5 Å². The second-order valence-corrected chi connectivity index (χ2v) is 3.95. The Kier molecular flexibility index (Phi) is 3.29. The molecular formula is C13H10FN3O2. The molecule has 1 aromatic heterocycles. The van der Waals surface area contributed by atoms with E-state index in [4.69, 9.17) is 5.26 Å². The van der Waals surface area contributed by atoms with Crippen LogP contribution in [0.2, 0.25) is 0 Å². The van der Waals surface area contributed by atoms with E-state index < -0.39 is 16.9 Å². The van der Waals surface area contributed by atoms with Crippen LogP contribution in [0.1, 0.15) is 5.56 Å². The Bertz CT molecular complexity index is 784. The Labute approximate surface area is 107 Å². The molecular weight excluding hydrogens is 249 g/mol. The van der Waals surface area contributed by atoms with Gasteiger partial charge in [-0.25, -0.2) is 4.39 Å². The van der Waals surface area contributed by atoms with Crippen LogP contribution in [0.3, 0.4) is 0 Å². The summed E-state index contributed by atoms with van der Waals surface area (Å²) in [4.78, 5) is 23.7. The summed E-state index contributed by atoms with van der Waals surface area (Å²) < 4.78 is 15.5. The van der Waals surface area contributed by atoms with Crippen molar-refractivity contribution in [2.24, 2.45) is 0 Å². The van der Waals surface area contributed by atoms with Gasteiger partial charge in [0.25, 0.3) is 0 Å². The number of hydrogen-bond acceptors (Lipinski definition) is 3. The summed E-state index contributed by atoms with van der Waals surface area (Å²) in [6.07, 6.45) is 2.68. The summed E-state index contributed by atoms with van der Waals surface area (Å²) in [7, 11) is 0. The van der Waals surface area contributed by atoms with E-state index in [0.717, 1.165) is 9.13 Å². The first-order chi connectivity index (χ1) is 9.06. The van der Waals surface area contributed by atoms with Crippen molar-refractivity contribution >= 4 is 0 Å². The molecule has 5 nitrogen and oxygen atoms in total. The molecule has 19 heavy (non-hydrogen) atoms. The number of rotatable bonds is 2. The second kappa shape index (κ2) is 4.90. The number of halogens is 1. The number of nitrogens with zero attached hydrogens (tertiary/aromatic N) is 3. The number of benzene rings is 1. The molecule has 0 atom stereocenters. The topological polar surface area (TPSA) is 67.8 Å². The van der Waals surface area contributed by atoms with Crippen LogP contribution in [0.15, 0.2) is 40.2 Å². The van der Waals surface area contributed by atoms with Gasteiger partial charge < -0.3 is 0 Å². The van der Waals surface area contributed by atoms with Crippen LogP contribution >= 0.6 is 0 Å². The standard InChI is InChI=1S/C13H10FN3O2/c1-9-10(14)3-2-4-11(9)17-8-7-16(6-5-15)12(18)13(17)19/h2-4,7-8H,6H2,1H3. The maximum atomic E-state index is 13.5. The highest BCUT2D eigenvalue weighted by Gasteiger charge is 2.10. The van der Waals surface area contributed by atoms with Crippen molar-refractivity contribution in [2.75, 3.05) is 0 Å². The van der Waals surface area contributed by atoms with E-state index >= 15 is 0 Å². The molecule has 0 amide bonds. The lowest BCUT2D eigenvalue weighted by molar-refractivity contribution is 0.616. The van der Waals surface area contributed by atoms with Gasteiger partial charge in [-0.15, -0.1) is 0 Å². The van der Waals surface area contributed by atoms with Gasteiger partial charge in [-0.05, 0) is 19.1 Å². The zero-order chi connectivity index (χ0) is 14.0. The molecule has 2 rings (SSSR count). The lowest BCUT2D eigenvalue weighted by Gasteiger charge is -2.10. The van der Waals surface area contributed by atoms with Gasteiger partial charge in [0.05, 0.1) is 11.8 Å². The molecule has 2 aromatic rings. The second-order valence-electron chi connectivity index (χ2n) is 3.95. The zero-order valence-electron chi connectivity index (χ0n) is 10.1. The fraction of sp³-hybridized carbons (Fsp3) is 0.154. The van der Waals surface area contributed by atoms with Crippen LogP contribution in [0.4, 0.5) is 4.39 Å². The fourth-order valence-electron chi connectivity index (χ4n) is 1.76. The largest absolute Gasteiger partial charge is 0.321 e. The Balaban J connectivity index is 2.69. The van der Waals surface area contributed by atoms with E-state index in [1.54, 1.807) is 12.1 Å². The molecule has 6 heteroatoms. The predicted octanol–water partition coefficient (Wildman–Crippen LogP) is 0.970. The van der Waals surface area contributed by atoms with E-state index in [-0.39, 0.29) is 12.1 Å². The van der Waals surface area contributed by atoms with E-state index in [9.17, 15) is 14.0 Å². The van der Waals surface area contributed by atoms with Gasteiger partial charge in [-0.1, -0.05) is 6.07 Å². The Morgan fingerprint density at radius 3 is 2.68 bits per heavy atom. The minimum absolute atomic E-state index is 0.197. The summed E-state index contributed by atoms with van der Waals surface area (Å²) in [5.74, 6) is -0.453. The first-order valence-electron chi connectivity index (χ1n) is 5.51. The lowest BCUT2D eigenvalue weighted by Crippen LogP contribution is -2.40. The Morgan fingerprint density at radius 2 is 2.00 bits per heavy atom. The van der Waals surface area contributed by atoms with Crippen LogP contribution in [-0.2, 0) is 6.54 Å². The zero-order valence-corrected chi connectivity index (χ0v) is 10.1. The molecule has 0 N–H and O–H groups in total. The molecule has 96 valence electrons. The molecule has 0 spiro atoms. The molecule has 0 saturated carbocycles. The summed E-state index contributed by atoms with van der Waals surface area (Å²) in [5.41, 5.74) is -1.03. The van der Waals surface area contributed by atoms with Crippen LogP contribution < -0.4 is 11.1 Å². The first-order valence-corrected chi connectivity index (χ1v) is 5.51. The average molecular weight is 259 g/mol. The predicted molar refractivity (Wildman–Crippen MR) is 66.6 cm³/mol. The summed E-state index contributed by atoms with van der Waals surface area (Å²) in [6, 6.07) is 6.08. The van der Waals surface area contributed by atoms with Gasteiger partial charge in [0.15, 0.2) is 0 Å². The highest BCUT2D eigenvalue weighted by Crippen LogP contribution is 2.14. The van der Waals surface area contributed by atoms with Crippen LogP contribution in [0, 0.1) is 24.1 Å². The summed E-state index contributed by atoms with van der Waals surface area (Å²) in [6.45, 7) is 1.33. The smallest absolute Gasteiger partial charge is 0.295 e. The molecule has 0 radical (unpaired) electrons. The van der Waals surface area contributed by atoms with Gasteiger partial charge >= 0.3 is 11.1 Å². The number of nitriles is 1. The van der Waals surface area contributed by atoms with Crippen molar-refractivity contribution < 1.29 is 4.39 Å². The minimum Gasteiger partial charge on any atom is -0.295 e. The Morgan fingerprint density at radius 1 is 1.26 bits per heavy atom. The third kappa shape index (κ3) is 2.18. The molecule has 0 saturated heterocycles. The van der Waals surface area contributed by atoms with Gasteiger partial charge in [-0.2, -0.15) is 5.26 Å². The van der Waals surface area contributed by atoms with Gasteiger partial charge in [0.1, 0.15) is 12.4 Å². The normalized spacial score (nSPS) is 10.2. The third-order valence-corrected chi connectivity index (χ3v) is 2.80. The SMILES string of the molecule is Cc1c(F)cccc1-n1ccn(CC#N)c(=O)c1=O. The highest BCUT2D eigenvalue weighted by molar-refractivity contribution is 5.40. The first kappa shape index (κ1) is 12.8. The van der Waals surface area contributed by atoms with Crippen LogP contribution in [0.5, 0.6) is 0 Å². The van der Waals surface area contributed by atoms with Gasteiger partial charge in [0, 0.05) is 18.0 Å². The lowest BCUT2D eigenvalue weighted by atomic mass is 10.2. The summed E-state index contributed by atoms with van der Waals surface area (Å²) >= 11 is 0. The molecule has 0 aliphatic heterocycles. The minimum atomic E-state index is -0.813. The van der Waals surface area contributed by atoms with Crippen molar-refractivity contribution in [3.05, 3.63) is 62.7 Å². The van der Waals surface area contributed by atoms with Crippen molar-refractivity contribution in [1.29, 1.82) is 5.26 Å². The quantitative estimate of drug-likeness (QED) is 0.755. The van der Waals surface area contributed by atoms with E-state index in [2.05, 4.69) is 0 Å². The van der Waals surface area contributed by atoms with Crippen LogP contribution in [0.25, 0.3) is 5.69 Å². The van der Waals surface area contributed by atoms with Crippen molar-refractivity contribution in [1.82, 2.24) is 9.13 Å². The third-order valence-electron chi connectivity index (χ3n) is 2.80. The molecule has 1 heterocycles. The molecule has 0 bridgehead atoms. The molecule has 0 unspecified atom stereocenters. The van der Waals surface area contributed by atoms with E-state index in [0.29, 0.717) is 5.69 Å². The van der Waals surface area contributed by atoms with Crippen molar-refractivity contribution in [2.45, 2.75) is 13.5 Å². The molecule has 0 aliphatic carbocycles.